The van der Waals surface area contributed by atoms with E-state index in [0.717, 1.165) is 93.7 Å². The van der Waals surface area contributed by atoms with Gasteiger partial charge >= 0.3 is 0 Å². The zero-order valence-electron chi connectivity index (χ0n) is 19.7. The van der Waals surface area contributed by atoms with Crippen LogP contribution in [-0.2, 0) is 25.7 Å². The van der Waals surface area contributed by atoms with Crippen molar-refractivity contribution in [3.8, 4) is 22.6 Å². The fourth-order valence-electron chi connectivity index (χ4n) is 4.43. The molecule has 2 rings (SSSR count). The van der Waals surface area contributed by atoms with E-state index < -0.39 is 0 Å². The molecule has 0 aromatic heterocycles. The predicted octanol–water partition coefficient (Wildman–Crippen LogP) is 8.14. The lowest BCUT2D eigenvalue weighted by Crippen LogP contribution is -2.06. The summed E-state index contributed by atoms with van der Waals surface area (Å²) in [6.45, 7) is 8.83. The van der Waals surface area contributed by atoms with Crippen LogP contribution in [0.2, 0.25) is 0 Å². The molecule has 30 heavy (non-hydrogen) atoms. The Bertz CT molecular complexity index is 792. The highest BCUT2D eigenvalue weighted by Gasteiger charge is 2.24. The number of rotatable bonds is 13. The van der Waals surface area contributed by atoms with E-state index in [1.54, 1.807) is 0 Å². The van der Waals surface area contributed by atoms with Gasteiger partial charge in [0.25, 0.3) is 0 Å². The Hall–Kier alpha value is -1.96. The molecule has 2 heteroatoms. The third-order valence-electron chi connectivity index (χ3n) is 6.20. The van der Waals surface area contributed by atoms with Gasteiger partial charge in [-0.15, -0.1) is 0 Å². The third kappa shape index (κ3) is 5.80. The minimum Gasteiger partial charge on any atom is -0.504 e. The summed E-state index contributed by atoms with van der Waals surface area (Å²) in [6.07, 6.45) is 12.6. The van der Waals surface area contributed by atoms with Crippen LogP contribution < -0.4 is 0 Å². The lowest BCUT2D eigenvalue weighted by atomic mass is 9.82. The molecule has 0 spiro atoms. The normalized spacial score (nSPS) is 11.2. The maximum Gasteiger partial charge on any atom is 0.166 e. The van der Waals surface area contributed by atoms with Crippen LogP contribution in [0.15, 0.2) is 24.3 Å². The van der Waals surface area contributed by atoms with Gasteiger partial charge in [-0.2, -0.15) is 0 Å². The van der Waals surface area contributed by atoms with Crippen molar-refractivity contribution < 1.29 is 10.2 Å². The predicted molar refractivity (Wildman–Crippen MR) is 130 cm³/mol. The number of aryl methyl sites for hydroxylation is 1. The molecule has 2 aromatic rings. The standard InChI is InChI=1S/C28H42O2/c1-5-9-15-21-16-13-14-20-22(21)26-24(18-11-7-3)23(17-10-6-2)25(19-12-8-4)27(29)28(26)30/h13-14,16,20,29-30H,5-12,15,17-19H2,1-4H3. The number of aromatic hydroxyl groups is 2. The van der Waals surface area contributed by atoms with Crippen molar-refractivity contribution in [1.29, 1.82) is 0 Å². The van der Waals surface area contributed by atoms with Crippen LogP contribution >= 0.6 is 0 Å². The monoisotopic (exact) mass is 410 g/mol. The van der Waals surface area contributed by atoms with Gasteiger partial charge in [-0.25, -0.2) is 0 Å². The first-order chi connectivity index (χ1) is 14.6. The van der Waals surface area contributed by atoms with Crippen molar-refractivity contribution in [1.82, 2.24) is 0 Å². The van der Waals surface area contributed by atoms with E-state index in [-0.39, 0.29) is 11.5 Å². The quantitative estimate of drug-likeness (QED) is 0.327. The largest absolute Gasteiger partial charge is 0.504 e. The topological polar surface area (TPSA) is 40.5 Å². The van der Waals surface area contributed by atoms with Gasteiger partial charge in [-0.05, 0) is 73.6 Å². The Balaban J connectivity index is 2.76. The number of hydrogen-bond acceptors (Lipinski definition) is 2. The summed E-state index contributed by atoms with van der Waals surface area (Å²) in [5.74, 6) is 0.214. The molecule has 2 aromatic carbocycles. The van der Waals surface area contributed by atoms with Crippen molar-refractivity contribution >= 4 is 0 Å². The molecule has 0 saturated heterocycles. The van der Waals surface area contributed by atoms with Crippen molar-refractivity contribution in [3.63, 3.8) is 0 Å². The van der Waals surface area contributed by atoms with E-state index in [9.17, 15) is 10.2 Å². The molecule has 2 N–H and O–H groups in total. The average Bonchev–Trinajstić information content (AvgIpc) is 2.76. The van der Waals surface area contributed by atoms with Gasteiger partial charge in [-0.1, -0.05) is 77.6 Å². The molecule has 0 atom stereocenters. The van der Waals surface area contributed by atoms with E-state index in [0.29, 0.717) is 0 Å². The average molecular weight is 411 g/mol. The molecule has 0 aliphatic carbocycles. The maximum absolute atomic E-state index is 11.3. The van der Waals surface area contributed by atoms with E-state index >= 15 is 0 Å². The summed E-state index contributed by atoms with van der Waals surface area (Å²) in [5, 5.41) is 22.4. The lowest BCUT2D eigenvalue weighted by Gasteiger charge is -2.24. The van der Waals surface area contributed by atoms with Crippen molar-refractivity contribution in [3.05, 3.63) is 46.5 Å². The van der Waals surface area contributed by atoms with E-state index in [4.69, 9.17) is 0 Å². The Kier molecular flexibility index (Phi) is 10.3. The number of phenolic OH excluding ortho intramolecular Hbond substituents is 2. The molecule has 2 nitrogen and oxygen atoms in total. The van der Waals surface area contributed by atoms with Gasteiger partial charge in [0.2, 0.25) is 0 Å². The van der Waals surface area contributed by atoms with E-state index in [1.807, 2.05) is 0 Å². The van der Waals surface area contributed by atoms with Gasteiger partial charge in [0.1, 0.15) is 0 Å². The highest BCUT2D eigenvalue weighted by Crippen LogP contribution is 2.47. The molecule has 0 heterocycles. The SMILES string of the molecule is CCCCc1ccccc1-c1c(O)c(O)c(CCCC)c(CCCC)c1CCCC. The number of unbranched alkanes of at least 4 members (excludes halogenated alkanes) is 4. The number of hydrogen-bond donors (Lipinski definition) is 2. The van der Waals surface area contributed by atoms with Crippen LogP contribution in [0.25, 0.3) is 11.1 Å². The fourth-order valence-corrected chi connectivity index (χ4v) is 4.43. The first kappa shape index (κ1) is 24.3. The Labute approximate surface area is 184 Å². The summed E-state index contributed by atoms with van der Waals surface area (Å²) in [6, 6.07) is 8.46. The molecule has 0 unspecified atom stereocenters. The lowest BCUT2D eigenvalue weighted by molar-refractivity contribution is 0.398. The first-order valence-electron chi connectivity index (χ1n) is 12.3. The zero-order chi connectivity index (χ0) is 21.9. The smallest absolute Gasteiger partial charge is 0.166 e. The third-order valence-corrected chi connectivity index (χ3v) is 6.20. The summed E-state index contributed by atoms with van der Waals surface area (Å²) >= 11 is 0. The molecule has 0 radical (unpaired) electrons. The highest BCUT2D eigenvalue weighted by atomic mass is 16.3. The summed E-state index contributed by atoms with van der Waals surface area (Å²) in [4.78, 5) is 0. The van der Waals surface area contributed by atoms with Gasteiger partial charge in [-0.3, -0.25) is 0 Å². The van der Waals surface area contributed by atoms with Crippen molar-refractivity contribution in [2.45, 2.75) is 105 Å². The minimum atomic E-state index is 0.0939. The number of phenols is 2. The first-order valence-corrected chi connectivity index (χ1v) is 12.3. The van der Waals surface area contributed by atoms with Gasteiger partial charge in [0, 0.05) is 11.1 Å². The second kappa shape index (κ2) is 12.7. The number of benzene rings is 2. The van der Waals surface area contributed by atoms with Crippen LogP contribution in [0.5, 0.6) is 11.5 Å². The van der Waals surface area contributed by atoms with Crippen LogP contribution in [0.4, 0.5) is 0 Å². The zero-order valence-corrected chi connectivity index (χ0v) is 19.7. The summed E-state index contributed by atoms with van der Waals surface area (Å²) in [5.41, 5.74) is 6.83. The highest BCUT2D eigenvalue weighted by molar-refractivity contribution is 5.81. The molecule has 0 aliphatic rings. The van der Waals surface area contributed by atoms with Crippen molar-refractivity contribution in [2.75, 3.05) is 0 Å². The Morgan fingerprint density at radius 3 is 1.67 bits per heavy atom. The second-order valence-electron chi connectivity index (χ2n) is 8.58. The van der Waals surface area contributed by atoms with Crippen LogP contribution in [0, 0.1) is 0 Å². The van der Waals surface area contributed by atoms with Crippen LogP contribution in [0.1, 0.15) is 101 Å². The van der Waals surface area contributed by atoms with Crippen LogP contribution in [0.3, 0.4) is 0 Å². The molecule has 0 aliphatic heterocycles. The molecular weight excluding hydrogens is 368 g/mol. The fraction of sp³-hybridized carbons (Fsp3) is 0.571. The minimum absolute atomic E-state index is 0.0939. The molecule has 0 amide bonds. The van der Waals surface area contributed by atoms with Gasteiger partial charge in [0.05, 0.1) is 0 Å². The molecule has 0 saturated carbocycles. The van der Waals surface area contributed by atoms with Gasteiger partial charge < -0.3 is 10.2 Å². The molecular formula is C28H42O2. The van der Waals surface area contributed by atoms with Crippen LogP contribution in [-0.4, -0.2) is 10.2 Å². The molecule has 0 fully saturated rings. The van der Waals surface area contributed by atoms with E-state index in [1.165, 1.54) is 16.7 Å². The molecule has 0 bridgehead atoms. The van der Waals surface area contributed by atoms with E-state index in [2.05, 4.69) is 52.0 Å². The summed E-state index contributed by atoms with van der Waals surface area (Å²) in [7, 11) is 0. The second-order valence-corrected chi connectivity index (χ2v) is 8.58. The summed E-state index contributed by atoms with van der Waals surface area (Å²) < 4.78 is 0. The Morgan fingerprint density at radius 1 is 0.567 bits per heavy atom. The van der Waals surface area contributed by atoms with Crippen molar-refractivity contribution in [2.24, 2.45) is 0 Å². The Morgan fingerprint density at radius 2 is 1.07 bits per heavy atom. The molecule has 166 valence electrons. The van der Waals surface area contributed by atoms with Gasteiger partial charge in [0.15, 0.2) is 11.5 Å². The maximum atomic E-state index is 11.3.